The third-order valence-corrected chi connectivity index (χ3v) is 7.97. The molecule has 2 aromatic heterocycles. The minimum atomic E-state index is -3.61. The van der Waals surface area contributed by atoms with Gasteiger partial charge in [-0.15, -0.1) is 11.3 Å². The largest absolute Gasteiger partial charge is 0.350 e. The van der Waals surface area contributed by atoms with Gasteiger partial charge in [0.25, 0.3) is 0 Å². The summed E-state index contributed by atoms with van der Waals surface area (Å²) in [4.78, 5) is 14.9. The Morgan fingerprint density at radius 2 is 1.81 bits per heavy atom. The predicted octanol–water partition coefficient (Wildman–Crippen LogP) is 2.47. The van der Waals surface area contributed by atoms with Crippen molar-refractivity contribution in [3.63, 3.8) is 0 Å². The summed E-state index contributed by atoms with van der Waals surface area (Å²) in [7, 11) is -3.61. The summed E-state index contributed by atoms with van der Waals surface area (Å²) in [5, 5.41) is 7.17. The molecule has 0 saturated carbocycles. The van der Waals surface area contributed by atoms with E-state index >= 15 is 0 Å². The van der Waals surface area contributed by atoms with Crippen LogP contribution in [0, 0.1) is 13.8 Å². The molecule has 0 atom stereocenters. The number of rotatable bonds is 9. The molecule has 0 aliphatic rings. The Hall–Kier alpha value is -1.71. The fourth-order valence-corrected chi connectivity index (χ4v) is 5.71. The molecule has 0 aliphatic heterocycles. The maximum absolute atomic E-state index is 12.9. The summed E-state index contributed by atoms with van der Waals surface area (Å²) in [6, 6.07) is 4.08. The number of carbonyl (C=O) groups excluding carboxylic acids is 1. The molecule has 2 aromatic rings. The SMILES string of the molecule is CCc1ccc(CNC(=O)Cn2nc(C)c(S(=O)(=O)N(CC)CC)c2C)s1. The smallest absolute Gasteiger partial charge is 0.246 e. The van der Waals surface area contributed by atoms with Crippen molar-refractivity contribution in [2.24, 2.45) is 0 Å². The van der Waals surface area contributed by atoms with Crippen molar-refractivity contribution >= 4 is 27.3 Å². The summed E-state index contributed by atoms with van der Waals surface area (Å²) in [5.74, 6) is -0.196. The Bertz CT molecular complexity index is 896. The molecule has 0 unspecified atom stereocenters. The minimum Gasteiger partial charge on any atom is -0.350 e. The second kappa shape index (κ2) is 8.99. The highest BCUT2D eigenvalue weighted by atomic mass is 32.2. The fourth-order valence-electron chi connectivity index (χ4n) is 2.99. The summed E-state index contributed by atoms with van der Waals surface area (Å²) in [6.07, 6.45) is 0.980. The molecule has 27 heavy (non-hydrogen) atoms. The van der Waals surface area contributed by atoms with E-state index in [1.807, 2.05) is 6.07 Å². The first-order valence-corrected chi connectivity index (χ1v) is 11.4. The lowest BCUT2D eigenvalue weighted by Crippen LogP contribution is -2.31. The molecule has 150 valence electrons. The molecule has 1 amide bonds. The second-order valence-corrected chi connectivity index (χ2v) is 9.37. The number of hydrogen-bond donors (Lipinski definition) is 1. The number of hydrogen-bond acceptors (Lipinski definition) is 5. The van der Waals surface area contributed by atoms with Crippen LogP contribution >= 0.6 is 11.3 Å². The minimum absolute atomic E-state index is 0.00749. The molecule has 0 aliphatic carbocycles. The first-order valence-electron chi connectivity index (χ1n) is 9.12. The zero-order chi connectivity index (χ0) is 20.2. The lowest BCUT2D eigenvalue weighted by atomic mass is 10.3. The van der Waals surface area contributed by atoms with Crippen LogP contribution in [0.5, 0.6) is 0 Å². The Morgan fingerprint density at radius 3 is 2.37 bits per heavy atom. The normalized spacial score (nSPS) is 11.9. The fraction of sp³-hybridized carbons (Fsp3) is 0.556. The van der Waals surface area contributed by atoms with E-state index in [1.54, 1.807) is 39.0 Å². The molecule has 1 N–H and O–H groups in total. The quantitative estimate of drug-likeness (QED) is 0.686. The van der Waals surface area contributed by atoms with E-state index in [-0.39, 0.29) is 17.3 Å². The molecule has 7 nitrogen and oxygen atoms in total. The first kappa shape index (κ1) is 21.6. The van der Waals surface area contributed by atoms with E-state index in [9.17, 15) is 13.2 Å². The number of thiophene rings is 1. The van der Waals surface area contributed by atoms with Gasteiger partial charge in [-0.3, -0.25) is 9.48 Å². The molecule has 0 fully saturated rings. The Balaban J connectivity index is 2.12. The molecule has 0 aromatic carbocycles. The van der Waals surface area contributed by atoms with E-state index in [0.717, 1.165) is 11.3 Å². The number of nitrogens with zero attached hydrogens (tertiary/aromatic N) is 3. The van der Waals surface area contributed by atoms with E-state index < -0.39 is 10.0 Å². The third-order valence-electron chi connectivity index (χ3n) is 4.44. The standard InChI is InChI=1S/C18H28N4O3S2/c1-6-15-9-10-16(26-15)11-19-17(23)12-22-14(5)18(13(4)20-22)27(24,25)21(7-2)8-3/h9-10H,6-8,11-12H2,1-5H3,(H,19,23). The van der Waals surface area contributed by atoms with Crippen molar-refractivity contribution in [3.05, 3.63) is 33.3 Å². The van der Waals surface area contributed by atoms with Gasteiger partial charge >= 0.3 is 0 Å². The Morgan fingerprint density at radius 1 is 1.19 bits per heavy atom. The van der Waals surface area contributed by atoms with Gasteiger partial charge in [0.15, 0.2) is 0 Å². The van der Waals surface area contributed by atoms with Gasteiger partial charge in [-0.05, 0) is 32.4 Å². The molecular weight excluding hydrogens is 384 g/mol. The van der Waals surface area contributed by atoms with Crippen molar-refractivity contribution < 1.29 is 13.2 Å². The molecule has 0 radical (unpaired) electrons. The van der Waals surface area contributed by atoms with E-state index in [1.165, 1.54) is 13.9 Å². The van der Waals surface area contributed by atoms with Crippen LogP contribution in [0.2, 0.25) is 0 Å². The third kappa shape index (κ3) is 4.77. The number of aryl methyl sites for hydroxylation is 2. The highest BCUT2D eigenvalue weighted by molar-refractivity contribution is 7.89. The lowest BCUT2D eigenvalue weighted by molar-refractivity contribution is -0.122. The summed E-state index contributed by atoms with van der Waals surface area (Å²) in [6.45, 7) is 10.3. The average molecular weight is 413 g/mol. The molecule has 9 heteroatoms. The second-order valence-electron chi connectivity index (χ2n) is 6.25. The van der Waals surface area contributed by atoms with Gasteiger partial charge in [0.05, 0.1) is 17.9 Å². The lowest BCUT2D eigenvalue weighted by Gasteiger charge is -2.18. The average Bonchev–Trinajstić information content (AvgIpc) is 3.18. The predicted molar refractivity (Wildman–Crippen MR) is 107 cm³/mol. The van der Waals surface area contributed by atoms with Crippen molar-refractivity contribution in [1.82, 2.24) is 19.4 Å². The van der Waals surface area contributed by atoms with E-state index in [0.29, 0.717) is 31.0 Å². The topological polar surface area (TPSA) is 84.3 Å². The van der Waals surface area contributed by atoms with Crippen LogP contribution in [0.3, 0.4) is 0 Å². The van der Waals surface area contributed by atoms with Gasteiger partial charge < -0.3 is 5.32 Å². The molecule has 2 heterocycles. The van der Waals surface area contributed by atoms with Crippen LogP contribution in [-0.2, 0) is 34.3 Å². The number of nitrogens with one attached hydrogen (secondary N) is 1. The van der Waals surface area contributed by atoms with Crippen LogP contribution in [-0.4, -0.2) is 41.5 Å². The molecule has 0 saturated heterocycles. The number of amides is 1. The number of carbonyl (C=O) groups is 1. The van der Waals surface area contributed by atoms with E-state index in [2.05, 4.69) is 23.4 Å². The zero-order valence-electron chi connectivity index (χ0n) is 16.6. The number of sulfonamides is 1. The van der Waals surface area contributed by atoms with Gasteiger partial charge in [-0.1, -0.05) is 20.8 Å². The monoisotopic (exact) mass is 412 g/mol. The van der Waals surface area contributed by atoms with Crippen molar-refractivity contribution in [2.75, 3.05) is 13.1 Å². The molecule has 0 bridgehead atoms. The Labute approximate surface area is 165 Å². The van der Waals surface area contributed by atoms with Crippen LogP contribution in [0.25, 0.3) is 0 Å². The first-order chi connectivity index (χ1) is 12.7. The maximum atomic E-state index is 12.9. The summed E-state index contributed by atoms with van der Waals surface area (Å²) < 4.78 is 28.6. The summed E-state index contributed by atoms with van der Waals surface area (Å²) in [5.41, 5.74) is 0.900. The molecule has 0 spiro atoms. The van der Waals surface area contributed by atoms with Gasteiger partial charge in [0.2, 0.25) is 15.9 Å². The van der Waals surface area contributed by atoms with Gasteiger partial charge in [0.1, 0.15) is 11.4 Å². The van der Waals surface area contributed by atoms with Crippen LogP contribution < -0.4 is 5.32 Å². The van der Waals surface area contributed by atoms with Gasteiger partial charge in [0, 0.05) is 22.8 Å². The van der Waals surface area contributed by atoms with Crippen molar-refractivity contribution in [1.29, 1.82) is 0 Å². The number of aromatic nitrogens is 2. The van der Waals surface area contributed by atoms with Crippen molar-refractivity contribution in [2.45, 2.75) is 59.0 Å². The summed E-state index contributed by atoms with van der Waals surface area (Å²) >= 11 is 1.68. The van der Waals surface area contributed by atoms with Crippen molar-refractivity contribution in [3.8, 4) is 0 Å². The van der Waals surface area contributed by atoms with Crippen LogP contribution in [0.15, 0.2) is 17.0 Å². The molecule has 2 rings (SSSR count). The Kier molecular flexibility index (Phi) is 7.19. The van der Waals surface area contributed by atoms with Crippen LogP contribution in [0.4, 0.5) is 0 Å². The highest BCUT2D eigenvalue weighted by Crippen LogP contribution is 2.23. The van der Waals surface area contributed by atoms with Crippen LogP contribution in [0.1, 0.15) is 41.9 Å². The van der Waals surface area contributed by atoms with E-state index in [4.69, 9.17) is 0 Å². The van der Waals surface area contributed by atoms with Gasteiger partial charge in [-0.25, -0.2) is 8.42 Å². The highest BCUT2D eigenvalue weighted by Gasteiger charge is 2.29. The zero-order valence-corrected chi connectivity index (χ0v) is 18.2. The maximum Gasteiger partial charge on any atom is 0.246 e. The molecular formula is C18H28N4O3S2. The van der Waals surface area contributed by atoms with Gasteiger partial charge in [-0.2, -0.15) is 9.40 Å².